The third kappa shape index (κ3) is 3.93. The van der Waals surface area contributed by atoms with Crippen molar-refractivity contribution in [1.82, 2.24) is 4.98 Å². The number of aromatic nitrogens is 1. The fourth-order valence-electron chi connectivity index (χ4n) is 0.956. The number of halogens is 2. The number of thioether (sulfide) groups is 1. The molecule has 0 bridgehead atoms. The van der Waals surface area contributed by atoms with Gasteiger partial charge in [0.05, 0.1) is 4.92 Å². The molecule has 0 amide bonds. The Labute approximate surface area is 94.5 Å². The standard InChI is InChI=1S/C9H8F2N2O2S/c10-8(11)4-2-6-16-9-7(13(14)15)3-1-5-12-9/h1,3-5H,2,6H2. The number of allylic oxidation sites excluding steroid dienone is 1. The Hall–Kier alpha value is -1.50. The molecule has 0 saturated heterocycles. The smallest absolute Gasteiger partial charge is 0.258 e. The summed E-state index contributed by atoms with van der Waals surface area (Å²) in [6.07, 6.45) is 0.625. The second-order valence-corrected chi connectivity index (χ2v) is 3.80. The Morgan fingerprint density at radius 2 is 2.38 bits per heavy atom. The Balaban J connectivity index is 2.60. The Morgan fingerprint density at radius 1 is 1.62 bits per heavy atom. The molecule has 0 aliphatic heterocycles. The first-order chi connectivity index (χ1) is 7.61. The van der Waals surface area contributed by atoms with Gasteiger partial charge in [0.2, 0.25) is 0 Å². The lowest BCUT2D eigenvalue weighted by Gasteiger charge is -1.99. The van der Waals surface area contributed by atoms with Crippen LogP contribution in [0, 0.1) is 10.1 Å². The summed E-state index contributed by atoms with van der Waals surface area (Å²) in [7, 11) is 0. The normalized spacial score (nSPS) is 9.88. The van der Waals surface area contributed by atoms with Crippen LogP contribution < -0.4 is 0 Å². The van der Waals surface area contributed by atoms with Crippen LogP contribution in [-0.4, -0.2) is 15.7 Å². The molecule has 0 N–H and O–H groups in total. The molecule has 86 valence electrons. The molecule has 0 unspecified atom stereocenters. The van der Waals surface area contributed by atoms with Crippen LogP contribution in [0.1, 0.15) is 6.42 Å². The number of nitro groups is 1. The van der Waals surface area contributed by atoms with E-state index in [1.54, 1.807) is 0 Å². The minimum atomic E-state index is -1.74. The number of pyridine rings is 1. The zero-order valence-electron chi connectivity index (χ0n) is 8.10. The minimum absolute atomic E-state index is 0.0998. The second kappa shape index (κ2) is 6.16. The molecule has 7 heteroatoms. The first kappa shape index (κ1) is 12.6. The molecular weight excluding hydrogens is 238 g/mol. The third-order valence-electron chi connectivity index (χ3n) is 1.60. The zero-order chi connectivity index (χ0) is 12.0. The van der Waals surface area contributed by atoms with Gasteiger partial charge in [0.15, 0.2) is 5.03 Å². The number of hydrogen-bond acceptors (Lipinski definition) is 4. The van der Waals surface area contributed by atoms with Crippen molar-refractivity contribution >= 4 is 17.4 Å². The summed E-state index contributed by atoms with van der Waals surface area (Å²) in [5.41, 5.74) is -0.0998. The van der Waals surface area contributed by atoms with Gasteiger partial charge in [-0.15, -0.1) is 0 Å². The molecule has 1 heterocycles. The van der Waals surface area contributed by atoms with Gasteiger partial charge in [-0.2, -0.15) is 8.78 Å². The van der Waals surface area contributed by atoms with Crippen molar-refractivity contribution in [3.05, 3.63) is 40.6 Å². The highest BCUT2D eigenvalue weighted by Crippen LogP contribution is 2.26. The first-order valence-electron chi connectivity index (χ1n) is 4.34. The molecule has 0 spiro atoms. The minimum Gasteiger partial charge on any atom is -0.258 e. The zero-order valence-corrected chi connectivity index (χ0v) is 8.92. The number of nitrogens with zero attached hydrogens (tertiary/aromatic N) is 2. The van der Waals surface area contributed by atoms with Crippen LogP contribution in [0.3, 0.4) is 0 Å². The predicted molar refractivity (Wildman–Crippen MR) is 56.5 cm³/mol. The molecule has 1 rings (SSSR count). The molecule has 0 saturated carbocycles. The Kier molecular flexibility index (Phi) is 4.84. The quantitative estimate of drug-likeness (QED) is 0.346. The summed E-state index contributed by atoms with van der Waals surface area (Å²) in [5.74, 6) is 0.329. The monoisotopic (exact) mass is 246 g/mol. The maximum absolute atomic E-state index is 11.7. The van der Waals surface area contributed by atoms with Crippen molar-refractivity contribution in [2.45, 2.75) is 11.4 Å². The van der Waals surface area contributed by atoms with Crippen LogP contribution in [0.2, 0.25) is 0 Å². The van der Waals surface area contributed by atoms with Gasteiger partial charge in [-0.25, -0.2) is 4.98 Å². The third-order valence-corrected chi connectivity index (χ3v) is 2.63. The fourth-order valence-corrected chi connectivity index (χ4v) is 1.81. The molecule has 1 aromatic heterocycles. The highest BCUT2D eigenvalue weighted by molar-refractivity contribution is 7.99. The van der Waals surface area contributed by atoms with E-state index in [1.807, 2.05) is 0 Å². The molecule has 16 heavy (non-hydrogen) atoms. The van der Waals surface area contributed by atoms with Crippen molar-refractivity contribution in [3.8, 4) is 0 Å². The molecule has 0 atom stereocenters. The lowest BCUT2D eigenvalue weighted by Crippen LogP contribution is -1.93. The van der Waals surface area contributed by atoms with Crippen molar-refractivity contribution in [2.24, 2.45) is 0 Å². The lowest BCUT2D eigenvalue weighted by molar-refractivity contribution is -0.388. The van der Waals surface area contributed by atoms with Gasteiger partial charge >= 0.3 is 5.69 Å². The molecule has 1 aromatic rings. The maximum atomic E-state index is 11.7. The van der Waals surface area contributed by atoms with Crippen molar-refractivity contribution in [1.29, 1.82) is 0 Å². The van der Waals surface area contributed by atoms with Gasteiger partial charge in [0.1, 0.15) is 0 Å². The van der Waals surface area contributed by atoms with Crippen molar-refractivity contribution in [3.63, 3.8) is 0 Å². The Bertz CT molecular complexity index is 408. The molecule has 0 aromatic carbocycles. The summed E-state index contributed by atoms with van der Waals surface area (Å²) in [6.45, 7) is 0. The van der Waals surface area contributed by atoms with E-state index < -0.39 is 11.0 Å². The highest BCUT2D eigenvalue weighted by atomic mass is 32.2. The van der Waals surface area contributed by atoms with Crippen LogP contribution >= 0.6 is 11.8 Å². The van der Waals surface area contributed by atoms with E-state index in [0.717, 1.165) is 17.8 Å². The maximum Gasteiger partial charge on any atom is 0.301 e. The van der Waals surface area contributed by atoms with E-state index in [2.05, 4.69) is 4.98 Å². The van der Waals surface area contributed by atoms with Gasteiger partial charge in [-0.3, -0.25) is 10.1 Å². The average molecular weight is 246 g/mol. The van der Waals surface area contributed by atoms with Crippen molar-refractivity contribution < 1.29 is 13.7 Å². The summed E-state index contributed by atoms with van der Waals surface area (Å²) in [6, 6.07) is 2.80. The van der Waals surface area contributed by atoms with E-state index in [9.17, 15) is 18.9 Å². The molecule has 0 aliphatic rings. The number of hydrogen-bond donors (Lipinski definition) is 0. The summed E-state index contributed by atoms with van der Waals surface area (Å²) in [5, 5.41) is 10.8. The fraction of sp³-hybridized carbons (Fsp3) is 0.222. The van der Waals surface area contributed by atoms with Gasteiger partial charge in [0, 0.05) is 18.0 Å². The van der Waals surface area contributed by atoms with E-state index in [-0.39, 0.29) is 17.1 Å². The van der Waals surface area contributed by atoms with Crippen LogP contribution in [-0.2, 0) is 0 Å². The average Bonchev–Trinajstić information content (AvgIpc) is 2.24. The van der Waals surface area contributed by atoms with E-state index in [4.69, 9.17) is 0 Å². The largest absolute Gasteiger partial charge is 0.301 e. The van der Waals surface area contributed by atoms with Crippen LogP contribution in [0.25, 0.3) is 0 Å². The summed E-state index contributed by atoms with van der Waals surface area (Å²) in [4.78, 5) is 13.9. The SMILES string of the molecule is O=[N+]([O-])c1cccnc1SCCC=C(F)F. The summed E-state index contributed by atoms with van der Waals surface area (Å²) >= 11 is 1.09. The van der Waals surface area contributed by atoms with Crippen LogP contribution in [0.15, 0.2) is 35.5 Å². The highest BCUT2D eigenvalue weighted by Gasteiger charge is 2.13. The number of rotatable bonds is 5. The van der Waals surface area contributed by atoms with Gasteiger partial charge < -0.3 is 0 Å². The van der Waals surface area contributed by atoms with Crippen LogP contribution in [0.4, 0.5) is 14.5 Å². The molecular formula is C9H8F2N2O2S. The Morgan fingerprint density at radius 3 is 3.00 bits per heavy atom. The summed E-state index contributed by atoms with van der Waals surface area (Å²) < 4.78 is 23.4. The second-order valence-electron chi connectivity index (χ2n) is 2.72. The van der Waals surface area contributed by atoms with E-state index in [0.29, 0.717) is 5.75 Å². The molecule has 4 nitrogen and oxygen atoms in total. The van der Waals surface area contributed by atoms with E-state index >= 15 is 0 Å². The van der Waals surface area contributed by atoms with Crippen LogP contribution in [0.5, 0.6) is 0 Å². The lowest BCUT2D eigenvalue weighted by atomic mass is 10.4. The first-order valence-corrected chi connectivity index (χ1v) is 5.33. The molecule has 0 fully saturated rings. The van der Waals surface area contributed by atoms with Crippen molar-refractivity contribution in [2.75, 3.05) is 5.75 Å². The topological polar surface area (TPSA) is 56.0 Å². The van der Waals surface area contributed by atoms with Gasteiger partial charge in [-0.05, 0) is 18.6 Å². The van der Waals surface area contributed by atoms with E-state index in [1.165, 1.54) is 18.3 Å². The molecule has 0 radical (unpaired) electrons. The predicted octanol–water partition coefficient (Wildman–Crippen LogP) is 3.25. The van der Waals surface area contributed by atoms with Gasteiger partial charge in [0.25, 0.3) is 6.08 Å². The molecule has 0 aliphatic carbocycles. The van der Waals surface area contributed by atoms with Gasteiger partial charge in [-0.1, -0.05) is 11.8 Å².